The van der Waals surface area contributed by atoms with Gasteiger partial charge in [0.1, 0.15) is 17.2 Å². The van der Waals surface area contributed by atoms with Crippen molar-refractivity contribution in [2.45, 2.75) is 6.92 Å². The highest BCUT2D eigenvalue weighted by atomic mass is 16.1. The van der Waals surface area contributed by atoms with Gasteiger partial charge in [-0.1, -0.05) is 5.92 Å². The van der Waals surface area contributed by atoms with Gasteiger partial charge in [-0.3, -0.25) is 4.98 Å². The van der Waals surface area contributed by atoms with E-state index in [1.807, 2.05) is 0 Å². The van der Waals surface area contributed by atoms with Crippen molar-refractivity contribution in [1.82, 2.24) is 9.97 Å². The van der Waals surface area contributed by atoms with Crippen molar-refractivity contribution >= 4 is 11.6 Å². The number of nitrogens with two attached hydrogens (primary N) is 2. The van der Waals surface area contributed by atoms with Crippen LogP contribution in [-0.4, -0.2) is 9.97 Å². The van der Waals surface area contributed by atoms with Gasteiger partial charge in [0, 0.05) is 0 Å². The van der Waals surface area contributed by atoms with E-state index in [4.69, 9.17) is 11.5 Å². The Bertz CT molecular complexity index is 383. The Balaban J connectivity index is 3.45. The molecule has 0 bridgehead atoms. The first-order valence-corrected chi connectivity index (χ1v) is 3.23. The van der Waals surface area contributed by atoms with Crippen LogP contribution in [-0.2, 0) is 0 Å². The zero-order valence-corrected chi connectivity index (χ0v) is 6.51. The highest BCUT2D eigenvalue weighted by molar-refractivity contribution is 5.61. The Kier molecular flexibility index (Phi) is 2.01. The second-order valence-electron chi connectivity index (χ2n) is 2.09. The molecule has 1 aromatic rings. The van der Waals surface area contributed by atoms with Crippen LogP contribution >= 0.6 is 0 Å². The third kappa shape index (κ3) is 1.37. The van der Waals surface area contributed by atoms with Crippen LogP contribution < -0.4 is 17.2 Å². The Hall–Kier alpha value is -1.96. The zero-order valence-electron chi connectivity index (χ0n) is 6.51. The van der Waals surface area contributed by atoms with Crippen molar-refractivity contribution < 1.29 is 0 Å². The molecule has 0 radical (unpaired) electrons. The quantitative estimate of drug-likeness (QED) is 0.442. The molecule has 0 amide bonds. The van der Waals surface area contributed by atoms with Gasteiger partial charge in [0.15, 0.2) is 0 Å². The van der Waals surface area contributed by atoms with Crippen molar-refractivity contribution in [1.29, 1.82) is 0 Å². The summed E-state index contributed by atoms with van der Waals surface area (Å²) >= 11 is 0. The summed E-state index contributed by atoms with van der Waals surface area (Å²) in [6.45, 7) is 1.64. The molecule has 12 heavy (non-hydrogen) atoms. The van der Waals surface area contributed by atoms with Crippen molar-refractivity contribution in [3.05, 3.63) is 16.0 Å². The molecule has 5 N–H and O–H groups in total. The van der Waals surface area contributed by atoms with Crippen molar-refractivity contribution in [2.24, 2.45) is 0 Å². The molecule has 0 aliphatic heterocycles. The van der Waals surface area contributed by atoms with Gasteiger partial charge in [0.05, 0.1) is 0 Å². The summed E-state index contributed by atoms with van der Waals surface area (Å²) in [5.74, 6) is 5.47. The fourth-order valence-corrected chi connectivity index (χ4v) is 0.765. The van der Waals surface area contributed by atoms with E-state index >= 15 is 0 Å². The molecule has 0 fully saturated rings. The summed E-state index contributed by atoms with van der Waals surface area (Å²) in [4.78, 5) is 16.4. The monoisotopic (exact) mass is 164 g/mol. The molecular weight excluding hydrogens is 156 g/mol. The first-order valence-electron chi connectivity index (χ1n) is 3.23. The van der Waals surface area contributed by atoms with Crippen LogP contribution in [0.2, 0.25) is 0 Å². The third-order valence-corrected chi connectivity index (χ3v) is 1.24. The normalized spacial score (nSPS) is 8.75. The summed E-state index contributed by atoms with van der Waals surface area (Å²) in [6.07, 6.45) is 0. The second kappa shape index (κ2) is 2.96. The SMILES string of the molecule is CC#Cc1c(N)nc(=O)[nH]c1N. The Morgan fingerprint density at radius 1 is 1.50 bits per heavy atom. The smallest absolute Gasteiger partial charge is 0.348 e. The summed E-state index contributed by atoms with van der Waals surface area (Å²) < 4.78 is 0. The van der Waals surface area contributed by atoms with E-state index in [0.717, 1.165) is 0 Å². The molecule has 5 nitrogen and oxygen atoms in total. The van der Waals surface area contributed by atoms with E-state index in [1.54, 1.807) is 6.92 Å². The maximum Gasteiger partial charge on any atom is 0.348 e. The molecule has 0 aromatic carbocycles. The Morgan fingerprint density at radius 3 is 2.67 bits per heavy atom. The van der Waals surface area contributed by atoms with Gasteiger partial charge in [0.2, 0.25) is 0 Å². The number of nitrogens with one attached hydrogen (secondary N) is 1. The number of hydrogen-bond donors (Lipinski definition) is 3. The fraction of sp³-hybridized carbons (Fsp3) is 0.143. The number of hydrogen-bond acceptors (Lipinski definition) is 4. The highest BCUT2D eigenvalue weighted by Gasteiger charge is 2.03. The van der Waals surface area contributed by atoms with E-state index in [0.29, 0.717) is 5.56 Å². The standard InChI is InChI=1S/C7H8N4O/c1-2-3-4-5(8)10-7(12)11-6(4)9/h1H3,(H5,8,9,10,11,12). The van der Waals surface area contributed by atoms with Crippen molar-refractivity contribution in [3.8, 4) is 11.8 Å². The van der Waals surface area contributed by atoms with E-state index in [-0.39, 0.29) is 11.6 Å². The molecular formula is C7H8N4O. The molecule has 0 spiro atoms. The van der Waals surface area contributed by atoms with Crippen molar-refractivity contribution in [3.63, 3.8) is 0 Å². The summed E-state index contributed by atoms with van der Waals surface area (Å²) in [5.41, 5.74) is 10.6. The maximum atomic E-state index is 10.7. The summed E-state index contributed by atoms with van der Waals surface area (Å²) in [6, 6.07) is 0. The number of nitrogen functional groups attached to an aromatic ring is 2. The van der Waals surface area contributed by atoms with Gasteiger partial charge in [-0.25, -0.2) is 4.79 Å². The Morgan fingerprint density at radius 2 is 2.17 bits per heavy atom. The lowest BCUT2D eigenvalue weighted by atomic mass is 10.3. The number of aromatic nitrogens is 2. The van der Waals surface area contributed by atoms with Gasteiger partial charge in [-0.2, -0.15) is 4.98 Å². The molecule has 1 rings (SSSR count). The average molecular weight is 164 g/mol. The first kappa shape index (κ1) is 8.14. The zero-order chi connectivity index (χ0) is 9.14. The predicted molar refractivity (Wildman–Crippen MR) is 46.2 cm³/mol. The summed E-state index contributed by atoms with van der Waals surface area (Å²) in [5, 5.41) is 0. The number of rotatable bonds is 0. The third-order valence-electron chi connectivity index (χ3n) is 1.24. The van der Waals surface area contributed by atoms with Gasteiger partial charge in [-0.15, -0.1) is 5.92 Å². The highest BCUT2D eigenvalue weighted by Crippen LogP contribution is 2.09. The minimum Gasteiger partial charge on any atom is -0.384 e. The molecule has 1 heterocycles. The van der Waals surface area contributed by atoms with E-state index in [1.165, 1.54) is 0 Å². The van der Waals surface area contributed by atoms with Gasteiger partial charge in [0.25, 0.3) is 0 Å². The van der Waals surface area contributed by atoms with Crippen LogP contribution in [0, 0.1) is 11.8 Å². The molecule has 0 saturated carbocycles. The van der Waals surface area contributed by atoms with Crippen LogP contribution in [0.5, 0.6) is 0 Å². The molecule has 1 aromatic heterocycles. The van der Waals surface area contributed by atoms with E-state index in [2.05, 4.69) is 21.8 Å². The van der Waals surface area contributed by atoms with Crippen LogP contribution in [0.3, 0.4) is 0 Å². The lowest BCUT2D eigenvalue weighted by molar-refractivity contribution is 1.09. The lowest BCUT2D eigenvalue weighted by Gasteiger charge is -1.98. The molecule has 0 saturated heterocycles. The fourth-order valence-electron chi connectivity index (χ4n) is 0.765. The van der Waals surface area contributed by atoms with Crippen molar-refractivity contribution in [2.75, 3.05) is 11.5 Å². The Labute approximate surface area is 68.8 Å². The largest absolute Gasteiger partial charge is 0.384 e. The topological polar surface area (TPSA) is 97.8 Å². The van der Waals surface area contributed by atoms with Crippen LogP contribution in [0.1, 0.15) is 12.5 Å². The number of aromatic amines is 1. The van der Waals surface area contributed by atoms with Crippen LogP contribution in [0.15, 0.2) is 4.79 Å². The minimum absolute atomic E-state index is 0.0607. The molecule has 0 aliphatic carbocycles. The number of H-pyrrole nitrogens is 1. The minimum atomic E-state index is -0.563. The van der Waals surface area contributed by atoms with Gasteiger partial charge in [-0.05, 0) is 6.92 Å². The van der Waals surface area contributed by atoms with Crippen LogP contribution in [0.25, 0.3) is 0 Å². The number of anilines is 2. The molecule has 5 heteroatoms. The van der Waals surface area contributed by atoms with E-state index in [9.17, 15) is 4.79 Å². The number of nitrogens with zero attached hydrogens (tertiary/aromatic N) is 1. The maximum absolute atomic E-state index is 10.7. The second-order valence-corrected chi connectivity index (χ2v) is 2.09. The lowest BCUT2D eigenvalue weighted by Crippen LogP contribution is -2.16. The average Bonchev–Trinajstić information content (AvgIpc) is 1.96. The predicted octanol–water partition coefficient (Wildman–Crippen LogP) is -0.694. The molecule has 0 unspecified atom stereocenters. The summed E-state index contributed by atoms with van der Waals surface area (Å²) in [7, 11) is 0. The molecule has 62 valence electrons. The molecule has 0 atom stereocenters. The van der Waals surface area contributed by atoms with Gasteiger partial charge >= 0.3 is 5.69 Å². The van der Waals surface area contributed by atoms with E-state index < -0.39 is 5.69 Å². The van der Waals surface area contributed by atoms with Crippen LogP contribution in [0.4, 0.5) is 11.6 Å². The first-order chi connectivity index (χ1) is 5.65. The van der Waals surface area contributed by atoms with Gasteiger partial charge < -0.3 is 11.5 Å². The molecule has 0 aliphatic rings.